The van der Waals surface area contributed by atoms with Gasteiger partial charge in [0, 0.05) is 23.3 Å². The molecule has 0 fully saturated rings. The Morgan fingerprint density at radius 3 is 2.45 bits per heavy atom. The molecular formula is C24H29FO4. The lowest BCUT2D eigenvalue weighted by molar-refractivity contribution is -0.131. The molecule has 0 aromatic heterocycles. The van der Waals surface area contributed by atoms with Crippen LogP contribution in [0.25, 0.3) is 11.1 Å². The second kappa shape index (κ2) is 8.68. The summed E-state index contributed by atoms with van der Waals surface area (Å²) in [6, 6.07) is 3.70. The van der Waals surface area contributed by atoms with Crippen LogP contribution in [0.2, 0.25) is 0 Å². The molecule has 1 heterocycles. The molecule has 0 amide bonds. The molecule has 0 atom stereocenters. The molecule has 0 bridgehead atoms. The molecular weight excluding hydrogens is 371 g/mol. The van der Waals surface area contributed by atoms with Gasteiger partial charge in [-0.2, -0.15) is 0 Å². The van der Waals surface area contributed by atoms with Crippen molar-refractivity contribution in [2.45, 2.75) is 47.1 Å². The number of hydrogen-bond donors (Lipinski definition) is 1. The van der Waals surface area contributed by atoms with Crippen LogP contribution in [0.15, 0.2) is 47.8 Å². The number of allylic oxidation sites excluding steroid dienone is 6. The van der Waals surface area contributed by atoms with Crippen molar-refractivity contribution in [3.63, 3.8) is 0 Å². The van der Waals surface area contributed by atoms with Gasteiger partial charge in [-0.05, 0) is 68.6 Å². The lowest BCUT2D eigenvalue weighted by Crippen LogP contribution is -2.29. The molecule has 0 saturated carbocycles. The van der Waals surface area contributed by atoms with E-state index in [1.807, 2.05) is 19.9 Å². The minimum absolute atomic E-state index is 0.274. The molecule has 1 aromatic rings. The molecule has 0 saturated heterocycles. The Bertz CT molecular complexity index is 930. The van der Waals surface area contributed by atoms with Gasteiger partial charge in [0.1, 0.15) is 22.9 Å². The highest BCUT2D eigenvalue weighted by molar-refractivity contribution is 5.82. The van der Waals surface area contributed by atoms with Crippen molar-refractivity contribution >= 4 is 17.1 Å². The molecule has 1 aliphatic rings. The van der Waals surface area contributed by atoms with E-state index in [9.17, 15) is 9.18 Å². The summed E-state index contributed by atoms with van der Waals surface area (Å²) in [6.45, 7) is 11.5. The Morgan fingerprint density at radius 2 is 1.90 bits per heavy atom. The van der Waals surface area contributed by atoms with E-state index in [0.29, 0.717) is 28.2 Å². The van der Waals surface area contributed by atoms with E-state index in [1.54, 1.807) is 27.0 Å². The minimum Gasteiger partial charge on any atom is -0.496 e. The molecule has 1 N–H and O–H groups in total. The van der Waals surface area contributed by atoms with Gasteiger partial charge in [0.05, 0.1) is 7.11 Å². The van der Waals surface area contributed by atoms with Crippen molar-refractivity contribution < 1.29 is 23.8 Å². The average Bonchev–Trinajstić information content (AvgIpc) is 2.62. The van der Waals surface area contributed by atoms with Crippen molar-refractivity contribution in [1.82, 2.24) is 0 Å². The monoisotopic (exact) mass is 400 g/mol. The first kappa shape index (κ1) is 22.5. The van der Waals surface area contributed by atoms with Crippen LogP contribution in [-0.4, -0.2) is 23.8 Å². The number of halogens is 1. The van der Waals surface area contributed by atoms with Crippen LogP contribution in [0, 0.1) is 5.92 Å². The highest BCUT2D eigenvalue weighted by Crippen LogP contribution is 2.44. The number of fused-ring (bicyclic) bond motifs is 1. The summed E-state index contributed by atoms with van der Waals surface area (Å²) in [6.07, 6.45) is 5.83. The first-order chi connectivity index (χ1) is 13.4. The van der Waals surface area contributed by atoms with E-state index in [1.165, 1.54) is 12.2 Å². The fourth-order valence-corrected chi connectivity index (χ4v) is 3.28. The summed E-state index contributed by atoms with van der Waals surface area (Å²) < 4.78 is 26.4. The highest BCUT2D eigenvalue weighted by Gasteiger charge is 2.29. The van der Waals surface area contributed by atoms with Crippen LogP contribution >= 0.6 is 0 Å². The lowest BCUT2D eigenvalue weighted by Gasteiger charge is -2.33. The highest BCUT2D eigenvalue weighted by atomic mass is 19.1. The zero-order chi connectivity index (χ0) is 21.9. The number of hydrogen-bond acceptors (Lipinski definition) is 3. The maximum absolute atomic E-state index is 14.8. The largest absolute Gasteiger partial charge is 0.496 e. The first-order valence-electron chi connectivity index (χ1n) is 9.55. The Morgan fingerprint density at radius 1 is 1.24 bits per heavy atom. The first-order valence-corrected chi connectivity index (χ1v) is 9.55. The Kier molecular flexibility index (Phi) is 6.73. The molecule has 0 unspecified atom stereocenters. The van der Waals surface area contributed by atoms with Crippen molar-refractivity contribution in [2.75, 3.05) is 7.11 Å². The number of carboxylic acids is 1. The third-order valence-corrected chi connectivity index (χ3v) is 4.72. The number of ether oxygens (including phenoxy) is 2. The van der Waals surface area contributed by atoms with E-state index < -0.39 is 17.4 Å². The standard InChI is InChI=1S/C24H29FO4/c1-14(2)19-13-24(5,6)29-22-12-21(28-7)17(11-18(19)22)16(4)20(25)9-8-15(3)10-23(26)27/h8-14H,1-7H3,(H,26,27). The summed E-state index contributed by atoms with van der Waals surface area (Å²) in [5.74, 6) is -0.0285. The molecule has 4 nitrogen and oxygen atoms in total. The average molecular weight is 400 g/mol. The minimum atomic E-state index is -1.07. The van der Waals surface area contributed by atoms with Gasteiger partial charge in [-0.1, -0.05) is 19.9 Å². The Labute approximate surface area is 172 Å². The number of aliphatic carboxylic acids is 1. The smallest absolute Gasteiger partial charge is 0.328 e. The van der Waals surface area contributed by atoms with Crippen LogP contribution in [0.3, 0.4) is 0 Å². The van der Waals surface area contributed by atoms with Gasteiger partial charge >= 0.3 is 5.97 Å². The van der Waals surface area contributed by atoms with Gasteiger partial charge in [0.25, 0.3) is 0 Å². The summed E-state index contributed by atoms with van der Waals surface area (Å²) in [5, 5.41) is 8.77. The molecule has 1 aromatic carbocycles. The van der Waals surface area contributed by atoms with E-state index in [4.69, 9.17) is 14.6 Å². The fourth-order valence-electron chi connectivity index (χ4n) is 3.28. The van der Waals surface area contributed by atoms with Gasteiger partial charge in [-0.25, -0.2) is 9.18 Å². The van der Waals surface area contributed by atoms with Gasteiger partial charge < -0.3 is 14.6 Å². The Balaban J connectivity index is 2.58. The zero-order valence-corrected chi connectivity index (χ0v) is 18.1. The van der Waals surface area contributed by atoms with Gasteiger partial charge in [0.2, 0.25) is 0 Å². The second-order valence-corrected chi connectivity index (χ2v) is 8.04. The second-order valence-electron chi connectivity index (χ2n) is 8.04. The number of carbonyl (C=O) groups is 1. The summed E-state index contributed by atoms with van der Waals surface area (Å²) in [4.78, 5) is 10.7. The predicted octanol–water partition coefficient (Wildman–Crippen LogP) is 6.19. The zero-order valence-electron chi connectivity index (χ0n) is 18.1. The van der Waals surface area contributed by atoms with E-state index in [-0.39, 0.29) is 5.92 Å². The molecule has 1 aliphatic heterocycles. The number of carboxylic acid groups (broad SMARTS) is 1. The summed E-state index contributed by atoms with van der Waals surface area (Å²) >= 11 is 0. The molecule has 156 valence electrons. The van der Waals surface area contributed by atoms with Crippen LogP contribution in [-0.2, 0) is 4.79 Å². The Hall–Kier alpha value is -2.82. The molecule has 29 heavy (non-hydrogen) atoms. The number of methoxy groups -OCH3 is 1. The van der Waals surface area contributed by atoms with Gasteiger partial charge in [0.15, 0.2) is 0 Å². The lowest BCUT2D eigenvalue weighted by atomic mass is 9.86. The van der Waals surface area contributed by atoms with Crippen LogP contribution in [0.4, 0.5) is 4.39 Å². The number of rotatable bonds is 6. The van der Waals surface area contributed by atoms with Crippen LogP contribution < -0.4 is 9.47 Å². The fraction of sp³-hybridized carbons (Fsp3) is 0.375. The maximum Gasteiger partial charge on any atom is 0.328 e. The predicted molar refractivity (Wildman–Crippen MR) is 115 cm³/mol. The maximum atomic E-state index is 14.8. The topological polar surface area (TPSA) is 55.8 Å². The normalized spacial score (nSPS) is 16.9. The molecule has 0 spiro atoms. The van der Waals surface area contributed by atoms with E-state index >= 15 is 0 Å². The number of benzene rings is 1. The molecule has 0 radical (unpaired) electrons. The van der Waals surface area contributed by atoms with Crippen molar-refractivity contribution in [1.29, 1.82) is 0 Å². The molecule has 0 aliphatic carbocycles. The molecule has 5 heteroatoms. The third-order valence-electron chi connectivity index (χ3n) is 4.72. The van der Waals surface area contributed by atoms with Crippen LogP contribution in [0.5, 0.6) is 11.5 Å². The van der Waals surface area contributed by atoms with E-state index in [2.05, 4.69) is 19.9 Å². The van der Waals surface area contributed by atoms with Crippen LogP contribution in [0.1, 0.15) is 52.7 Å². The van der Waals surface area contributed by atoms with Crippen molar-refractivity contribution in [2.24, 2.45) is 5.92 Å². The summed E-state index contributed by atoms with van der Waals surface area (Å²) in [7, 11) is 1.54. The molecule has 2 rings (SSSR count). The third kappa shape index (κ3) is 5.37. The quantitative estimate of drug-likeness (QED) is 0.457. The van der Waals surface area contributed by atoms with Crippen molar-refractivity contribution in [3.05, 3.63) is 59.0 Å². The SMILES string of the molecule is COc1cc2c(cc1C(C)=C(F)C=CC(C)=CC(=O)O)C(C(C)C)=CC(C)(C)O2. The van der Waals surface area contributed by atoms with Gasteiger partial charge in [-0.15, -0.1) is 0 Å². The summed E-state index contributed by atoms with van der Waals surface area (Å²) in [5.41, 5.74) is 3.10. The van der Waals surface area contributed by atoms with Crippen molar-refractivity contribution in [3.8, 4) is 11.5 Å². The van der Waals surface area contributed by atoms with E-state index in [0.717, 1.165) is 17.2 Å². The van der Waals surface area contributed by atoms with Gasteiger partial charge in [-0.3, -0.25) is 0 Å².